The molecule has 118 valence electrons. The van der Waals surface area contributed by atoms with E-state index in [2.05, 4.69) is 36.3 Å². The Balaban J connectivity index is 2.09. The molecule has 0 N–H and O–H groups in total. The average Bonchev–Trinajstić information content (AvgIpc) is 2.89. The van der Waals surface area contributed by atoms with Crippen molar-refractivity contribution in [3.63, 3.8) is 0 Å². The summed E-state index contributed by atoms with van der Waals surface area (Å²) in [5.41, 5.74) is 5.00. The van der Waals surface area contributed by atoms with Crippen molar-refractivity contribution in [1.29, 1.82) is 0 Å². The molecule has 0 fully saturated rings. The third-order valence-electron chi connectivity index (χ3n) is 3.69. The summed E-state index contributed by atoms with van der Waals surface area (Å²) in [5, 5.41) is 4.54. The van der Waals surface area contributed by atoms with Crippen molar-refractivity contribution in [3.05, 3.63) is 65.9 Å². The van der Waals surface area contributed by atoms with Gasteiger partial charge in [-0.15, -0.1) is 0 Å². The van der Waals surface area contributed by atoms with Crippen LogP contribution < -0.4 is 0 Å². The molecule has 0 unspecified atom stereocenters. The second-order valence-corrected chi connectivity index (χ2v) is 7.73. The molecule has 5 heteroatoms. The fourth-order valence-corrected chi connectivity index (χ4v) is 3.09. The fraction of sp³-hybridized carbons (Fsp3) is 0.167. The van der Waals surface area contributed by atoms with E-state index in [1.165, 1.54) is 11.8 Å². The Bertz CT molecular complexity index is 938. The van der Waals surface area contributed by atoms with Gasteiger partial charge in [0.1, 0.15) is 0 Å². The molecule has 1 heterocycles. The number of aryl methyl sites for hydroxylation is 2. The maximum Gasteiger partial charge on any atom is 0.175 e. The molecule has 4 nitrogen and oxygen atoms in total. The number of benzene rings is 2. The zero-order chi connectivity index (χ0) is 16.6. The number of hydrogen-bond acceptors (Lipinski definition) is 3. The molecule has 0 amide bonds. The lowest BCUT2D eigenvalue weighted by molar-refractivity contribution is 0.602. The van der Waals surface area contributed by atoms with Gasteiger partial charge in [-0.1, -0.05) is 29.8 Å². The minimum Gasteiger partial charge on any atom is -0.233 e. The van der Waals surface area contributed by atoms with E-state index in [9.17, 15) is 8.42 Å². The van der Waals surface area contributed by atoms with Gasteiger partial charge in [0.05, 0.1) is 22.0 Å². The van der Waals surface area contributed by atoms with Gasteiger partial charge in [-0.05, 0) is 44.2 Å². The molecule has 0 bridgehead atoms. The number of aromatic nitrogens is 2. The van der Waals surface area contributed by atoms with Crippen LogP contribution in [-0.2, 0) is 9.84 Å². The lowest BCUT2D eigenvalue weighted by Crippen LogP contribution is -2.01. The van der Waals surface area contributed by atoms with Crippen LogP contribution in [0, 0.1) is 13.8 Å². The second-order valence-electron chi connectivity index (χ2n) is 5.71. The zero-order valence-corrected chi connectivity index (χ0v) is 14.1. The normalized spacial score (nSPS) is 11.6. The Labute approximate surface area is 136 Å². The Kier molecular flexibility index (Phi) is 3.82. The van der Waals surface area contributed by atoms with Crippen molar-refractivity contribution in [1.82, 2.24) is 9.78 Å². The van der Waals surface area contributed by atoms with Crippen molar-refractivity contribution >= 4 is 9.84 Å². The monoisotopic (exact) mass is 326 g/mol. The van der Waals surface area contributed by atoms with Gasteiger partial charge in [0.25, 0.3) is 0 Å². The van der Waals surface area contributed by atoms with Crippen LogP contribution >= 0.6 is 0 Å². The predicted molar refractivity (Wildman–Crippen MR) is 91.6 cm³/mol. The van der Waals surface area contributed by atoms with Crippen LogP contribution in [0.1, 0.15) is 11.3 Å². The van der Waals surface area contributed by atoms with Crippen molar-refractivity contribution in [3.8, 4) is 16.9 Å². The number of rotatable bonds is 3. The Morgan fingerprint density at radius 3 is 2.09 bits per heavy atom. The molecule has 0 aliphatic rings. The molecule has 3 aromatic rings. The first-order chi connectivity index (χ1) is 10.8. The third kappa shape index (κ3) is 3.19. The zero-order valence-electron chi connectivity index (χ0n) is 13.3. The first kappa shape index (κ1) is 15.5. The van der Waals surface area contributed by atoms with Crippen molar-refractivity contribution in [2.75, 3.05) is 6.26 Å². The minimum absolute atomic E-state index is 0.307. The topological polar surface area (TPSA) is 52.0 Å². The summed E-state index contributed by atoms with van der Waals surface area (Å²) in [5.74, 6) is 0. The lowest BCUT2D eigenvalue weighted by atomic mass is 10.1. The molecule has 1 aromatic heterocycles. The molecule has 0 saturated carbocycles. The molecule has 23 heavy (non-hydrogen) atoms. The van der Waals surface area contributed by atoms with E-state index in [1.54, 1.807) is 24.3 Å². The van der Waals surface area contributed by atoms with E-state index >= 15 is 0 Å². The molecule has 2 aromatic carbocycles. The SMILES string of the molecule is Cc1ccc(-c2cc(C)nn2-c2ccc(S(C)(=O)=O)cc2)cc1. The van der Waals surface area contributed by atoms with Crippen LogP contribution in [-0.4, -0.2) is 24.5 Å². The first-order valence-corrected chi connectivity index (χ1v) is 9.18. The molecular formula is C18H18N2O2S. The molecule has 0 atom stereocenters. The minimum atomic E-state index is -3.19. The third-order valence-corrected chi connectivity index (χ3v) is 4.82. The van der Waals surface area contributed by atoms with Crippen molar-refractivity contribution in [2.24, 2.45) is 0 Å². The van der Waals surface area contributed by atoms with Gasteiger partial charge in [-0.2, -0.15) is 5.10 Å². The lowest BCUT2D eigenvalue weighted by Gasteiger charge is -2.09. The summed E-state index contributed by atoms with van der Waals surface area (Å²) in [4.78, 5) is 0.307. The van der Waals surface area contributed by atoms with Gasteiger partial charge in [-0.25, -0.2) is 13.1 Å². The Morgan fingerprint density at radius 1 is 0.913 bits per heavy atom. The van der Waals surface area contributed by atoms with Crippen molar-refractivity contribution < 1.29 is 8.42 Å². The molecule has 3 rings (SSSR count). The van der Waals surface area contributed by atoms with Gasteiger partial charge in [0.15, 0.2) is 9.84 Å². The maximum atomic E-state index is 11.6. The summed E-state index contributed by atoms with van der Waals surface area (Å²) in [6, 6.07) is 17.1. The summed E-state index contributed by atoms with van der Waals surface area (Å²) in [6.45, 7) is 4.00. The summed E-state index contributed by atoms with van der Waals surface area (Å²) in [7, 11) is -3.19. The van der Waals surface area contributed by atoms with Crippen LogP contribution in [0.25, 0.3) is 16.9 Å². The highest BCUT2D eigenvalue weighted by Crippen LogP contribution is 2.25. The average molecular weight is 326 g/mol. The van der Waals surface area contributed by atoms with Crippen molar-refractivity contribution in [2.45, 2.75) is 18.7 Å². The second kappa shape index (κ2) is 5.66. The smallest absolute Gasteiger partial charge is 0.175 e. The van der Waals surface area contributed by atoms with Crippen LogP contribution in [0.5, 0.6) is 0 Å². The standard InChI is InChI=1S/C18H18N2O2S/c1-13-4-6-15(7-5-13)18-12-14(2)19-20(18)16-8-10-17(11-9-16)23(3,21)22/h4-12H,1-3H3. The number of sulfone groups is 1. The van der Waals surface area contributed by atoms with Crippen LogP contribution in [0.2, 0.25) is 0 Å². The molecule has 0 saturated heterocycles. The van der Waals surface area contributed by atoms with Gasteiger partial charge in [0, 0.05) is 11.8 Å². The molecule has 0 spiro atoms. The molecular weight excluding hydrogens is 308 g/mol. The van der Waals surface area contributed by atoms with Gasteiger partial charge in [-0.3, -0.25) is 0 Å². The quantitative estimate of drug-likeness (QED) is 0.739. The number of nitrogens with zero attached hydrogens (tertiary/aromatic N) is 2. The van der Waals surface area contributed by atoms with Crippen LogP contribution in [0.3, 0.4) is 0 Å². The molecule has 0 radical (unpaired) electrons. The van der Waals surface area contributed by atoms with Gasteiger partial charge >= 0.3 is 0 Å². The fourth-order valence-electron chi connectivity index (χ4n) is 2.46. The molecule has 0 aliphatic heterocycles. The largest absolute Gasteiger partial charge is 0.233 e. The highest BCUT2D eigenvalue weighted by atomic mass is 32.2. The highest BCUT2D eigenvalue weighted by molar-refractivity contribution is 7.90. The summed E-state index contributed by atoms with van der Waals surface area (Å²) in [6.07, 6.45) is 1.21. The number of hydrogen-bond donors (Lipinski definition) is 0. The van der Waals surface area contributed by atoms with E-state index < -0.39 is 9.84 Å². The van der Waals surface area contributed by atoms with Crippen LogP contribution in [0.15, 0.2) is 59.5 Å². The predicted octanol–water partition coefficient (Wildman–Crippen LogP) is 3.56. The molecule has 0 aliphatic carbocycles. The first-order valence-electron chi connectivity index (χ1n) is 7.29. The van der Waals surface area contributed by atoms with Gasteiger partial charge in [0.2, 0.25) is 0 Å². The highest BCUT2D eigenvalue weighted by Gasteiger charge is 2.11. The van der Waals surface area contributed by atoms with E-state index in [4.69, 9.17) is 0 Å². The summed E-state index contributed by atoms with van der Waals surface area (Å²) < 4.78 is 25.0. The van der Waals surface area contributed by atoms with Gasteiger partial charge < -0.3 is 0 Å². The van der Waals surface area contributed by atoms with E-state index in [0.29, 0.717) is 4.90 Å². The van der Waals surface area contributed by atoms with Crippen LogP contribution in [0.4, 0.5) is 0 Å². The Morgan fingerprint density at radius 2 is 1.52 bits per heavy atom. The van der Waals surface area contributed by atoms with E-state index in [-0.39, 0.29) is 0 Å². The van der Waals surface area contributed by atoms with E-state index in [1.807, 2.05) is 17.7 Å². The summed E-state index contributed by atoms with van der Waals surface area (Å²) >= 11 is 0. The maximum absolute atomic E-state index is 11.6. The van der Waals surface area contributed by atoms with E-state index in [0.717, 1.165) is 22.6 Å². The Hall–Kier alpha value is -2.40.